The molecule has 0 radical (unpaired) electrons. The van der Waals surface area contributed by atoms with Gasteiger partial charge in [0.05, 0.1) is 7.11 Å². The van der Waals surface area contributed by atoms with Crippen molar-refractivity contribution >= 4 is 17.7 Å². The fraction of sp³-hybridized carbons (Fsp3) is 0.273. The Hall–Kier alpha value is -1.02. The molecule has 76 valence electrons. The lowest BCUT2D eigenvalue weighted by Crippen LogP contribution is -1.88. The second-order valence-electron chi connectivity index (χ2n) is 2.77. The predicted octanol–water partition coefficient (Wildman–Crippen LogP) is 3.48. The van der Waals surface area contributed by atoms with Gasteiger partial charge in [0.15, 0.2) is 0 Å². The summed E-state index contributed by atoms with van der Waals surface area (Å²) in [7, 11) is 1.52. The molecule has 0 aromatic heterocycles. The van der Waals surface area contributed by atoms with Gasteiger partial charge in [-0.1, -0.05) is 12.2 Å². The highest BCUT2D eigenvalue weighted by Crippen LogP contribution is 2.20. The number of hydrogen-bond acceptors (Lipinski definition) is 1. The van der Waals surface area contributed by atoms with Crippen LogP contribution < -0.4 is 4.74 Å². The maximum absolute atomic E-state index is 12.8. The topological polar surface area (TPSA) is 9.23 Å². The van der Waals surface area contributed by atoms with E-state index in [0.717, 1.165) is 12.0 Å². The van der Waals surface area contributed by atoms with Gasteiger partial charge in [0, 0.05) is 17.5 Å². The van der Waals surface area contributed by atoms with E-state index in [1.165, 1.54) is 19.2 Å². The number of ether oxygens (including phenoxy) is 1. The molecule has 0 unspecified atom stereocenters. The van der Waals surface area contributed by atoms with Crippen LogP contribution in [0.15, 0.2) is 24.3 Å². The first-order valence-electron chi connectivity index (χ1n) is 4.34. The van der Waals surface area contributed by atoms with Crippen molar-refractivity contribution < 1.29 is 9.13 Å². The first-order chi connectivity index (χ1) is 6.77. The lowest BCUT2D eigenvalue weighted by Gasteiger charge is -2.03. The van der Waals surface area contributed by atoms with Crippen molar-refractivity contribution in [2.75, 3.05) is 13.0 Å². The van der Waals surface area contributed by atoms with Gasteiger partial charge in [-0.15, -0.1) is 11.6 Å². The van der Waals surface area contributed by atoms with E-state index in [1.54, 1.807) is 6.07 Å². The summed E-state index contributed by atoms with van der Waals surface area (Å²) in [6.45, 7) is 0. The monoisotopic (exact) mass is 214 g/mol. The minimum atomic E-state index is -0.295. The molecular formula is C11H12ClFO. The van der Waals surface area contributed by atoms with Crippen LogP contribution >= 0.6 is 11.6 Å². The maximum atomic E-state index is 12.8. The van der Waals surface area contributed by atoms with Crippen LogP contribution in [0.5, 0.6) is 5.75 Å². The molecule has 1 aromatic rings. The molecule has 0 aliphatic rings. The van der Waals surface area contributed by atoms with E-state index in [-0.39, 0.29) is 5.82 Å². The summed E-state index contributed by atoms with van der Waals surface area (Å²) in [5.74, 6) is 0.826. The van der Waals surface area contributed by atoms with Crippen molar-refractivity contribution in [2.24, 2.45) is 0 Å². The van der Waals surface area contributed by atoms with Crippen molar-refractivity contribution in [3.8, 4) is 5.75 Å². The number of methoxy groups -OCH3 is 1. The van der Waals surface area contributed by atoms with Gasteiger partial charge in [0.1, 0.15) is 11.6 Å². The van der Waals surface area contributed by atoms with Crippen LogP contribution in [-0.2, 0) is 0 Å². The summed E-state index contributed by atoms with van der Waals surface area (Å²) in [5.41, 5.74) is 0.860. The Morgan fingerprint density at radius 1 is 1.50 bits per heavy atom. The van der Waals surface area contributed by atoms with E-state index >= 15 is 0 Å². The van der Waals surface area contributed by atoms with E-state index in [0.29, 0.717) is 11.6 Å². The molecule has 0 amide bonds. The minimum absolute atomic E-state index is 0.295. The predicted molar refractivity (Wildman–Crippen MR) is 57.3 cm³/mol. The minimum Gasteiger partial charge on any atom is -0.496 e. The second kappa shape index (κ2) is 5.66. The van der Waals surface area contributed by atoms with Gasteiger partial charge in [-0.05, 0) is 18.6 Å². The molecule has 0 heterocycles. The van der Waals surface area contributed by atoms with Gasteiger partial charge in [0.2, 0.25) is 0 Å². The van der Waals surface area contributed by atoms with Gasteiger partial charge in [-0.2, -0.15) is 0 Å². The lowest BCUT2D eigenvalue weighted by atomic mass is 10.1. The van der Waals surface area contributed by atoms with Crippen LogP contribution in [0.2, 0.25) is 0 Å². The smallest absolute Gasteiger partial charge is 0.128 e. The summed E-state index contributed by atoms with van der Waals surface area (Å²) >= 11 is 5.52. The van der Waals surface area contributed by atoms with Gasteiger partial charge >= 0.3 is 0 Å². The quantitative estimate of drug-likeness (QED) is 0.698. The summed E-state index contributed by atoms with van der Waals surface area (Å²) in [5, 5.41) is 0. The van der Waals surface area contributed by atoms with E-state index in [9.17, 15) is 4.39 Å². The standard InChI is InChI=1S/C11H12ClFO/c1-14-11-8-10(13)6-5-9(11)4-2-3-7-12/h2,4-6,8H,3,7H2,1H3. The number of halogens is 2. The van der Waals surface area contributed by atoms with Crippen molar-refractivity contribution in [1.82, 2.24) is 0 Å². The molecule has 1 nitrogen and oxygen atoms in total. The molecule has 1 aromatic carbocycles. The lowest BCUT2D eigenvalue weighted by molar-refractivity contribution is 0.410. The zero-order chi connectivity index (χ0) is 10.4. The molecular weight excluding hydrogens is 203 g/mol. The van der Waals surface area contributed by atoms with Gasteiger partial charge < -0.3 is 4.74 Å². The summed E-state index contributed by atoms with van der Waals surface area (Å²) < 4.78 is 17.8. The van der Waals surface area contributed by atoms with E-state index < -0.39 is 0 Å². The molecule has 0 saturated heterocycles. The Balaban J connectivity index is 2.85. The number of alkyl halides is 1. The summed E-state index contributed by atoms with van der Waals surface area (Å²) in [6, 6.07) is 4.45. The van der Waals surface area contributed by atoms with Crippen molar-refractivity contribution in [3.63, 3.8) is 0 Å². The third kappa shape index (κ3) is 3.04. The van der Waals surface area contributed by atoms with Crippen LogP contribution in [0.4, 0.5) is 4.39 Å². The molecule has 14 heavy (non-hydrogen) atoms. The Morgan fingerprint density at radius 2 is 2.29 bits per heavy atom. The maximum Gasteiger partial charge on any atom is 0.128 e. The molecule has 0 aliphatic heterocycles. The van der Waals surface area contributed by atoms with Gasteiger partial charge in [-0.3, -0.25) is 0 Å². The average molecular weight is 215 g/mol. The normalized spacial score (nSPS) is 10.8. The highest BCUT2D eigenvalue weighted by Gasteiger charge is 2.00. The average Bonchev–Trinajstić information content (AvgIpc) is 2.20. The first kappa shape index (κ1) is 11.1. The van der Waals surface area contributed by atoms with E-state index in [1.807, 2.05) is 12.2 Å². The summed E-state index contributed by atoms with van der Waals surface area (Å²) in [4.78, 5) is 0. The number of benzene rings is 1. The number of rotatable bonds is 4. The van der Waals surface area contributed by atoms with E-state index in [4.69, 9.17) is 16.3 Å². The molecule has 0 atom stereocenters. The third-order valence-corrected chi connectivity index (χ3v) is 1.99. The van der Waals surface area contributed by atoms with Crippen molar-refractivity contribution in [1.29, 1.82) is 0 Å². The van der Waals surface area contributed by atoms with Gasteiger partial charge in [-0.25, -0.2) is 4.39 Å². The second-order valence-corrected chi connectivity index (χ2v) is 3.14. The van der Waals surface area contributed by atoms with Crippen LogP contribution in [0.3, 0.4) is 0 Å². The zero-order valence-electron chi connectivity index (χ0n) is 7.97. The molecule has 0 N–H and O–H groups in total. The number of allylic oxidation sites excluding steroid dienone is 1. The van der Waals surface area contributed by atoms with Crippen LogP contribution in [0.25, 0.3) is 6.08 Å². The Morgan fingerprint density at radius 3 is 2.93 bits per heavy atom. The van der Waals surface area contributed by atoms with Crippen LogP contribution in [0, 0.1) is 5.82 Å². The van der Waals surface area contributed by atoms with Crippen LogP contribution in [0.1, 0.15) is 12.0 Å². The molecule has 0 aliphatic carbocycles. The van der Waals surface area contributed by atoms with Gasteiger partial charge in [0.25, 0.3) is 0 Å². The largest absolute Gasteiger partial charge is 0.496 e. The third-order valence-electron chi connectivity index (χ3n) is 1.77. The SMILES string of the molecule is COc1cc(F)ccc1C=CCCCl. The molecule has 0 saturated carbocycles. The molecule has 3 heteroatoms. The highest BCUT2D eigenvalue weighted by atomic mass is 35.5. The zero-order valence-corrected chi connectivity index (χ0v) is 8.72. The highest BCUT2D eigenvalue weighted by molar-refractivity contribution is 6.17. The molecule has 1 rings (SSSR count). The Labute approximate surface area is 88.1 Å². The Kier molecular flexibility index (Phi) is 4.47. The first-order valence-corrected chi connectivity index (χ1v) is 4.87. The fourth-order valence-electron chi connectivity index (χ4n) is 1.10. The number of hydrogen-bond donors (Lipinski definition) is 0. The summed E-state index contributed by atoms with van der Waals surface area (Å²) in [6.07, 6.45) is 4.60. The fourth-order valence-corrected chi connectivity index (χ4v) is 1.22. The molecule has 0 fully saturated rings. The molecule has 0 bridgehead atoms. The van der Waals surface area contributed by atoms with Crippen molar-refractivity contribution in [2.45, 2.75) is 6.42 Å². The molecule has 0 spiro atoms. The van der Waals surface area contributed by atoms with Crippen molar-refractivity contribution in [3.05, 3.63) is 35.7 Å². The van der Waals surface area contributed by atoms with E-state index in [2.05, 4.69) is 0 Å². The van der Waals surface area contributed by atoms with Crippen LogP contribution in [-0.4, -0.2) is 13.0 Å². The Bertz CT molecular complexity index is 323.